The Morgan fingerprint density at radius 1 is 1.10 bits per heavy atom. The normalized spacial score (nSPS) is 21.3. The summed E-state index contributed by atoms with van der Waals surface area (Å²) in [7, 11) is -2.76. The van der Waals surface area contributed by atoms with E-state index < -0.39 is 52.2 Å². The maximum Gasteiger partial charge on any atom is 0.407 e. The van der Waals surface area contributed by atoms with Crippen LogP contribution in [0.15, 0.2) is 53.4 Å². The fourth-order valence-corrected chi connectivity index (χ4v) is 8.05. The molecule has 0 aromatic heterocycles. The number of unbranched alkanes of at least 4 members (excludes halogenated alkanes) is 1. The molecule has 0 saturated carbocycles. The number of hydrogen-bond acceptors (Lipinski definition) is 11. The lowest BCUT2D eigenvalue weighted by atomic mass is 9.87. The lowest BCUT2D eigenvalue weighted by Crippen LogP contribution is -2.52. The van der Waals surface area contributed by atoms with Crippen molar-refractivity contribution in [2.75, 3.05) is 46.7 Å². The molecule has 270 valence electrons. The van der Waals surface area contributed by atoms with Crippen molar-refractivity contribution in [3.8, 4) is 11.5 Å². The van der Waals surface area contributed by atoms with E-state index in [-0.39, 0.29) is 43.7 Å². The molecule has 5 rings (SSSR count). The smallest absolute Gasteiger partial charge is 0.407 e. The quantitative estimate of drug-likeness (QED) is 0.245. The van der Waals surface area contributed by atoms with Crippen molar-refractivity contribution in [1.82, 2.24) is 14.5 Å². The summed E-state index contributed by atoms with van der Waals surface area (Å²) in [6.45, 7) is 4.53. The van der Waals surface area contributed by atoms with Crippen molar-refractivity contribution in [1.29, 1.82) is 0 Å². The van der Waals surface area contributed by atoms with Crippen LogP contribution < -0.4 is 19.9 Å². The van der Waals surface area contributed by atoms with Gasteiger partial charge in [0.15, 0.2) is 17.8 Å². The number of aliphatic hydroxyl groups excluding tert-OH is 1. The monoisotopic (exact) mass is 704 g/mol. The molecule has 0 unspecified atom stereocenters. The van der Waals surface area contributed by atoms with Crippen LogP contribution in [0, 0.1) is 11.3 Å². The summed E-state index contributed by atoms with van der Waals surface area (Å²) in [5.74, 6) is 0.658. The Bertz CT molecular complexity index is 1540. The first-order valence-electron chi connectivity index (χ1n) is 16.6. The number of benzene rings is 2. The molecule has 2 fully saturated rings. The lowest BCUT2D eigenvalue weighted by molar-refractivity contribution is -0.264. The first kappa shape index (κ1) is 36.6. The van der Waals surface area contributed by atoms with Gasteiger partial charge in [-0.3, -0.25) is 0 Å². The number of carboxylic acid groups (broad SMARTS) is 1. The van der Waals surface area contributed by atoms with E-state index >= 15 is 0 Å². The minimum atomic E-state index is -4.20. The highest BCUT2D eigenvalue weighted by atomic mass is 32.2. The van der Waals surface area contributed by atoms with Crippen molar-refractivity contribution in [2.24, 2.45) is 11.3 Å². The first-order valence-corrected chi connectivity index (χ1v) is 18.0. The Kier molecular flexibility index (Phi) is 11.9. The minimum absolute atomic E-state index is 0.0221. The Labute approximate surface area is 287 Å². The zero-order valence-electron chi connectivity index (χ0n) is 28.1. The molecule has 2 aromatic rings. The molecule has 2 saturated heterocycles. The number of nitrogens with zero attached hydrogens (tertiary/aromatic N) is 2. The number of aliphatic hydroxyl groups is 1. The van der Waals surface area contributed by atoms with Crippen molar-refractivity contribution in [3.63, 3.8) is 0 Å². The summed E-state index contributed by atoms with van der Waals surface area (Å²) in [4.78, 5) is 25.4. The van der Waals surface area contributed by atoms with Gasteiger partial charge in [-0.15, -0.1) is 0 Å². The third kappa shape index (κ3) is 9.54. The molecular weight excluding hydrogens is 658 g/mol. The van der Waals surface area contributed by atoms with Gasteiger partial charge in [0.1, 0.15) is 12.2 Å². The molecular formula is C34H46N3O11S-. The largest absolute Gasteiger partial charge is 0.530 e. The average Bonchev–Trinajstić information content (AvgIpc) is 3.81. The number of rotatable bonds is 16. The van der Waals surface area contributed by atoms with Crippen LogP contribution in [0.5, 0.6) is 11.5 Å². The van der Waals surface area contributed by atoms with E-state index in [4.69, 9.17) is 23.7 Å². The van der Waals surface area contributed by atoms with Crippen LogP contribution >= 0.6 is 0 Å². The number of hydrogen-bond donors (Lipinski definition) is 2. The van der Waals surface area contributed by atoms with Gasteiger partial charge in [0.2, 0.25) is 16.8 Å². The van der Waals surface area contributed by atoms with Gasteiger partial charge in [0, 0.05) is 32.7 Å². The maximum absolute atomic E-state index is 14.3. The van der Waals surface area contributed by atoms with Crippen LogP contribution in [0.2, 0.25) is 0 Å². The van der Waals surface area contributed by atoms with E-state index in [2.05, 4.69) is 5.32 Å². The van der Waals surface area contributed by atoms with Crippen molar-refractivity contribution >= 4 is 22.2 Å². The fourth-order valence-electron chi connectivity index (χ4n) is 6.39. The van der Waals surface area contributed by atoms with E-state index in [1.54, 1.807) is 0 Å². The van der Waals surface area contributed by atoms with E-state index in [0.717, 1.165) is 10.5 Å². The zero-order chi connectivity index (χ0) is 35.2. The Balaban J connectivity index is 1.35. The topological polar surface area (TPSA) is 176 Å². The SMILES string of the molecule is CN(CCCCC(C)(C)CN(C[C@@H](O)[C@H](Cc1ccccc1)NC(=O)O[C@@H]1CO[C@@H]2OCC[C@@H]21)S(=O)(=O)c1ccc2c(c1)OCO2)C(=O)[O-]. The van der Waals surface area contributed by atoms with Gasteiger partial charge in [-0.1, -0.05) is 50.6 Å². The van der Waals surface area contributed by atoms with Crippen LogP contribution in [0.4, 0.5) is 9.59 Å². The summed E-state index contributed by atoms with van der Waals surface area (Å²) < 4.78 is 57.5. The molecule has 0 spiro atoms. The molecule has 3 aliphatic rings. The fraction of sp³-hybridized carbons (Fsp3) is 0.588. The summed E-state index contributed by atoms with van der Waals surface area (Å²) in [5.41, 5.74) is 0.250. The highest BCUT2D eigenvalue weighted by molar-refractivity contribution is 7.89. The van der Waals surface area contributed by atoms with Crippen LogP contribution in [0.1, 0.15) is 45.1 Å². The summed E-state index contributed by atoms with van der Waals surface area (Å²) >= 11 is 0. The number of sulfonamides is 1. The van der Waals surface area contributed by atoms with E-state index in [9.17, 15) is 28.2 Å². The molecule has 3 heterocycles. The van der Waals surface area contributed by atoms with E-state index in [1.165, 1.54) is 29.6 Å². The van der Waals surface area contributed by atoms with Gasteiger partial charge < -0.3 is 48.9 Å². The van der Waals surface area contributed by atoms with Gasteiger partial charge in [-0.05, 0) is 48.8 Å². The Morgan fingerprint density at radius 2 is 1.86 bits per heavy atom. The minimum Gasteiger partial charge on any atom is -0.530 e. The zero-order valence-corrected chi connectivity index (χ0v) is 28.9. The van der Waals surface area contributed by atoms with Crippen molar-refractivity contribution < 1.29 is 51.9 Å². The van der Waals surface area contributed by atoms with Crippen LogP contribution in [-0.2, 0) is 30.7 Å². The third-order valence-electron chi connectivity index (χ3n) is 9.20. The highest BCUT2D eigenvalue weighted by Crippen LogP contribution is 2.36. The first-order chi connectivity index (χ1) is 23.3. The molecule has 0 radical (unpaired) electrons. The van der Waals surface area contributed by atoms with Crippen molar-refractivity contribution in [2.45, 2.75) is 75.4 Å². The number of carbonyl (C=O) groups excluding carboxylic acids is 2. The predicted molar refractivity (Wildman–Crippen MR) is 174 cm³/mol. The lowest BCUT2D eigenvalue weighted by Gasteiger charge is -2.35. The van der Waals surface area contributed by atoms with Gasteiger partial charge in [0.05, 0.1) is 36.2 Å². The predicted octanol–water partition coefficient (Wildman–Crippen LogP) is 2.34. The van der Waals surface area contributed by atoms with E-state index in [0.29, 0.717) is 50.3 Å². The average molecular weight is 705 g/mol. The molecule has 2 N–H and O–H groups in total. The van der Waals surface area contributed by atoms with Gasteiger partial charge >= 0.3 is 6.09 Å². The molecule has 5 atom stereocenters. The van der Waals surface area contributed by atoms with Crippen LogP contribution in [0.25, 0.3) is 0 Å². The Hall–Kier alpha value is -3.63. The molecule has 0 bridgehead atoms. The molecule has 3 aliphatic heterocycles. The molecule has 0 aliphatic carbocycles. The van der Waals surface area contributed by atoms with Gasteiger partial charge in [-0.25, -0.2) is 13.2 Å². The maximum atomic E-state index is 14.3. The molecule has 2 amide bonds. The number of amides is 2. The number of ether oxygens (including phenoxy) is 5. The number of nitrogens with one attached hydrogen (secondary N) is 1. The molecule has 15 heteroatoms. The second-order valence-corrected chi connectivity index (χ2v) is 15.5. The molecule has 49 heavy (non-hydrogen) atoms. The van der Waals surface area contributed by atoms with Crippen molar-refractivity contribution in [3.05, 3.63) is 54.1 Å². The summed E-state index contributed by atoms with van der Waals surface area (Å²) in [5, 5.41) is 25.6. The molecule has 2 aromatic carbocycles. The van der Waals surface area contributed by atoms with Crippen LogP contribution in [0.3, 0.4) is 0 Å². The van der Waals surface area contributed by atoms with Gasteiger partial charge in [-0.2, -0.15) is 4.31 Å². The number of carbonyl (C=O) groups is 2. The van der Waals surface area contributed by atoms with E-state index in [1.807, 2.05) is 44.2 Å². The Morgan fingerprint density at radius 3 is 2.61 bits per heavy atom. The second-order valence-electron chi connectivity index (χ2n) is 13.6. The second kappa shape index (κ2) is 15.9. The van der Waals surface area contributed by atoms with Crippen LogP contribution in [-0.4, -0.2) is 106 Å². The number of alkyl carbamates (subject to hydrolysis) is 1. The molecule has 14 nitrogen and oxygen atoms in total. The standard InChI is InChI=1S/C34H47N3O11S/c1-34(2,14-7-8-15-36(3)33(40)41)21-37(49(42,43)24-11-12-28-29(18-24)47-22-46-28)19-27(38)26(17-23-9-5-4-6-10-23)35-32(39)48-30-20-45-31-25(30)13-16-44-31/h4-6,9-12,18,25-27,30-31,38H,7-8,13-17,19-22H2,1-3H3,(H,35,39)(H,40,41)/p-1/t25-,26+,27-,30-,31+/m1/s1. The summed E-state index contributed by atoms with van der Waals surface area (Å²) in [6, 6.07) is 12.7. The third-order valence-corrected chi connectivity index (χ3v) is 11.0. The highest BCUT2D eigenvalue weighted by Gasteiger charge is 2.44. The number of fused-ring (bicyclic) bond motifs is 2. The van der Waals surface area contributed by atoms with Gasteiger partial charge in [0.25, 0.3) is 0 Å². The summed E-state index contributed by atoms with van der Waals surface area (Å²) in [6.07, 6.45) is -1.57.